The summed E-state index contributed by atoms with van der Waals surface area (Å²) in [6, 6.07) is 21.5. The number of aromatic nitrogens is 3. The van der Waals surface area contributed by atoms with Gasteiger partial charge in [-0.3, -0.25) is 0 Å². The first-order valence-electron chi connectivity index (χ1n) is 12.7. The fraction of sp³-hybridized carbons (Fsp3) is 0.167. The van der Waals surface area contributed by atoms with Crippen molar-refractivity contribution >= 4 is 74.4 Å². The summed E-state index contributed by atoms with van der Waals surface area (Å²) < 4.78 is 14.5. The molecule has 8 nitrogen and oxygen atoms in total. The van der Waals surface area contributed by atoms with Crippen LogP contribution in [0.4, 0.5) is 0 Å². The van der Waals surface area contributed by atoms with E-state index in [1.165, 1.54) is 12.4 Å². The molecule has 1 aliphatic rings. The molecule has 5 aromatic rings. The van der Waals surface area contributed by atoms with Gasteiger partial charge in [-0.1, -0.05) is 83.3 Å². The maximum absolute atomic E-state index is 13.4. The lowest BCUT2D eigenvalue weighted by molar-refractivity contribution is -0.0916. The van der Waals surface area contributed by atoms with E-state index in [-0.39, 0.29) is 10.2 Å². The molecule has 2 N–H and O–H groups in total. The zero-order valence-corrected chi connectivity index (χ0v) is 25.9. The van der Waals surface area contributed by atoms with Gasteiger partial charge in [-0.05, 0) is 63.5 Å². The Morgan fingerprint density at radius 2 is 1.64 bits per heavy atom. The summed E-state index contributed by atoms with van der Waals surface area (Å²) in [6.45, 7) is 0. The fourth-order valence-electron chi connectivity index (χ4n) is 4.99. The molecule has 2 aromatic heterocycles. The quantitative estimate of drug-likeness (QED) is 0.111. The lowest BCUT2D eigenvalue weighted by Crippen LogP contribution is -2.36. The zero-order chi connectivity index (χ0) is 29.5. The van der Waals surface area contributed by atoms with E-state index in [2.05, 4.69) is 32.6 Å². The van der Waals surface area contributed by atoms with Crippen LogP contribution in [0.3, 0.4) is 0 Å². The first-order chi connectivity index (χ1) is 20.2. The van der Waals surface area contributed by atoms with E-state index < -0.39 is 36.6 Å². The second kappa shape index (κ2) is 12.1. The van der Waals surface area contributed by atoms with Gasteiger partial charge in [0.15, 0.2) is 12.3 Å². The predicted octanol–water partition coefficient (Wildman–Crippen LogP) is 6.88. The summed E-state index contributed by atoms with van der Waals surface area (Å²) in [5, 5.41) is 23.7. The van der Waals surface area contributed by atoms with Gasteiger partial charge in [0.05, 0.1) is 21.0 Å². The Balaban J connectivity index is 1.33. The summed E-state index contributed by atoms with van der Waals surface area (Å²) in [6.07, 6.45) is -3.26. The first kappa shape index (κ1) is 29.3. The second-order valence-electron chi connectivity index (χ2n) is 9.66. The molecule has 0 unspecified atom stereocenters. The van der Waals surface area contributed by atoms with Crippen LogP contribution in [0.1, 0.15) is 28.3 Å². The molecule has 0 radical (unpaired) electrons. The minimum absolute atomic E-state index is 0.226. The number of fused-ring (bicyclic) bond motifs is 1. The van der Waals surface area contributed by atoms with Crippen molar-refractivity contribution in [1.29, 1.82) is 0 Å². The van der Waals surface area contributed by atoms with Crippen molar-refractivity contribution in [2.45, 2.75) is 30.6 Å². The Labute approximate surface area is 268 Å². The summed E-state index contributed by atoms with van der Waals surface area (Å²) in [5.41, 5.74) is 3.07. The van der Waals surface area contributed by atoms with Crippen LogP contribution >= 0.6 is 57.4 Å². The Hall–Kier alpha value is -2.77. The van der Waals surface area contributed by atoms with Gasteiger partial charge in [-0.25, -0.2) is 14.8 Å². The number of nitrogens with zero attached hydrogens (tertiary/aromatic N) is 3. The van der Waals surface area contributed by atoms with Crippen LogP contribution < -0.4 is 0 Å². The van der Waals surface area contributed by atoms with Gasteiger partial charge < -0.3 is 24.3 Å². The van der Waals surface area contributed by atoms with Gasteiger partial charge in [0.1, 0.15) is 35.4 Å². The van der Waals surface area contributed by atoms with Crippen LogP contribution in [0.5, 0.6) is 0 Å². The third-order valence-electron chi connectivity index (χ3n) is 7.10. The number of aliphatic hydroxyl groups is 2. The highest BCUT2D eigenvalue weighted by atomic mass is 127. The highest BCUT2D eigenvalue weighted by Gasteiger charge is 2.49. The van der Waals surface area contributed by atoms with Gasteiger partial charge in [0.2, 0.25) is 0 Å². The number of carbonyl (C=O) groups is 1. The van der Waals surface area contributed by atoms with Gasteiger partial charge in [0.25, 0.3) is 0 Å². The van der Waals surface area contributed by atoms with E-state index in [1.807, 2.05) is 42.5 Å². The van der Waals surface area contributed by atoms with Crippen LogP contribution in [0.15, 0.2) is 85.3 Å². The molecule has 3 heterocycles. The molecular weight excluding hydrogens is 716 g/mol. The van der Waals surface area contributed by atoms with Gasteiger partial charge in [0, 0.05) is 9.77 Å². The van der Waals surface area contributed by atoms with Crippen molar-refractivity contribution in [2.75, 3.05) is 0 Å². The highest BCUT2D eigenvalue weighted by molar-refractivity contribution is 14.1. The number of hydrogen-bond donors (Lipinski definition) is 2. The summed E-state index contributed by atoms with van der Waals surface area (Å²) in [7, 11) is 0. The largest absolute Gasteiger partial charge is 0.451 e. The highest BCUT2D eigenvalue weighted by Crippen LogP contribution is 2.41. The molecule has 0 aliphatic carbocycles. The van der Waals surface area contributed by atoms with E-state index in [0.29, 0.717) is 27.2 Å². The predicted molar refractivity (Wildman–Crippen MR) is 168 cm³/mol. The molecule has 0 amide bonds. The standard InChI is InChI=1S/C30H21Cl3IN3O5/c31-19-11-10-18(12-20(19)32)25(42-30(40)17-8-6-16(7-9-17)15-4-2-1-3-5-15)26-23(38)24(39)29(41-26)37-13-21(34)22-27(33)35-14-36-28(22)37/h1-14,23-26,29,38-39H/t23-,24+,25+,26-,29+/m0/s1. The molecule has 3 aromatic carbocycles. The number of hydrogen-bond acceptors (Lipinski definition) is 7. The molecular formula is C30H21Cl3IN3O5. The van der Waals surface area contributed by atoms with Crippen molar-refractivity contribution in [2.24, 2.45) is 0 Å². The van der Waals surface area contributed by atoms with E-state index in [0.717, 1.165) is 14.7 Å². The maximum Gasteiger partial charge on any atom is 0.338 e. The van der Waals surface area contributed by atoms with Crippen molar-refractivity contribution in [3.8, 4) is 11.1 Å². The fourth-order valence-corrected chi connectivity index (χ4v) is 6.48. The Bertz CT molecular complexity index is 1770. The van der Waals surface area contributed by atoms with Crippen molar-refractivity contribution in [1.82, 2.24) is 14.5 Å². The van der Waals surface area contributed by atoms with Crippen LogP contribution in [-0.2, 0) is 9.47 Å². The topological polar surface area (TPSA) is 107 Å². The average molecular weight is 737 g/mol. The molecule has 0 bridgehead atoms. The number of aliphatic hydroxyl groups excluding tert-OH is 2. The number of halogens is 4. The summed E-state index contributed by atoms with van der Waals surface area (Å²) in [4.78, 5) is 21.8. The first-order valence-corrected chi connectivity index (χ1v) is 14.9. The van der Waals surface area contributed by atoms with E-state index >= 15 is 0 Å². The number of benzene rings is 3. The SMILES string of the molecule is O=C(O[C@H](c1ccc(Cl)c(Cl)c1)[C@H]1O[C@@H](n2cc(I)c3c(Cl)ncnc32)[C@H](O)[C@@H]1O)c1ccc(-c2ccccc2)cc1. The van der Waals surface area contributed by atoms with E-state index in [9.17, 15) is 15.0 Å². The summed E-state index contributed by atoms with van der Waals surface area (Å²) >= 11 is 20.8. The minimum Gasteiger partial charge on any atom is -0.451 e. The molecule has 1 fully saturated rings. The van der Waals surface area contributed by atoms with Gasteiger partial charge in [-0.15, -0.1) is 0 Å². The van der Waals surface area contributed by atoms with Crippen LogP contribution in [0.25, 0.3) is 22.2 Å². The van der Waals surface area contributed by atoms with E-state index in [4.69, 9.17) is 44.3 Å². The molecule has 1 aliphatic heterocycles. The summed E-state index contributed by atoms with van der Waals surface area (Å²) in [5.74, 6) is -0.653. The number of ether oxygens (including phenoxy) is 2. The maximum atomic E-state index is 13.4. The third kappa shape index (κ3) is 5.50. The number of esters is 1. The van der Waals surface area contributed by atoms with Crippen LogP contribution in [0.2, 0.25) is 15.2 Å². The molecule has 1 saturated heterocycles. The van der Waals surface area contributed by atoms with Crippen molar-refractivity contribution in [3.05, 3.63) is 115 Å². The van der Waals surface area contributed by atoms with Crippen molar-refractivity contribution in [3.63, 3.8) is 0 Å². The molecule has 214 valence electrons. The third-order valence-corrected chi connectivity index (χ3v) is 8.94. The Kier molecular flexibility index (Phi) is 8.43. The lowest BCUT2D eigenvalue weighted by atomic mass is 9.98. The van der Waals surface area contributed by atoms with E-state index in [1.54, 1.807) is 35.0 Å². The molecule has 5 atom stereocenters. The van der Waals surface area contributed by atoms with Crippen molar-refractivity contribution < 1.29 is 24.5 Å². The zero-order valence-electron chi connectivity index (χ0n) is 21.4. The monoisotopic (exact) mass is 735 g/mol. The molecule has 42 heavy (non-hydrogen) atoms. The molecule has 0 saturated carbocycles. The Morgan fingerprint density at radius 1 is 0.929 bits per heavy atom. The average Bonchev–Trinajstić information content (AvgIpc) is 3.49. The Morgan fingerprint density at radius 3 is 2.36 bits per heavy atom. The van der Waals surface area contributed by atoms with Gasteiger partial charge >= 0.3 is 5.97 Å². The minimum atomic E-state index is -1.45. The molecule has 0 spiro atoms. The second-order valence-corrected chi connectivity index (χ2v) is 12.0. The lowest BCUT2D eigenvalue weighted by Gasteiger charge is -2.26. The normalized spacial score (nSPS) is 21.0. The molecule has 6 rings (SSSR count). The number of rotatable bonds is 6. The smallest absolute Gasteiger partial charge is 0.338 e. The van der Waals surface area contributed by atoms with Crippen LogP contribution in [-0.4, -0.2) is 49.0 Å². The molecule has 12 heteroatoms. The number of carbonyl (C=O) groups excluding carboxylic acids is 1. The van der Waals surface area contributed by atoms with Crippen LogP contribution in [0, 0.1) is 3.57 Å². The van der Waals surface area contributed by atoms with Gasteiger partial charge in [-0.2, -0.15) is 0 Å².